The number of methoxy groups -OCH3 is 1. The highest BCUT2D eigenvalue weighted by Crippen LogP contribution is 2.33. The Morgan fingerprint density at radius 1 is 1.26 bits per heavy atom. The Kier molecular flexibility index (Phi) is 3.57. The van der Waals surface area contributed by atoms with Crippen LogP contribution < -0.4 is 0 Å². The van der Waals surface area contributed by atoms with E-state index in [0.717, 1.165) is 22.3 Å². The van der Waals surface area contributed by atoms with Crippen molar-refractivity contribution in [3.05, 3.63) is 47.0 Å². The van der Waals surface area contributed by atoms with Gasteiger partial charge in [0.2, 0.25) is 0 Å². The van der Waals surface area contributed by atoms with E-state index in [1.54, 1.807) is 6.07 Å². The predicted molar refractivity (Wildman–Crippen MR) is 76.4 cm³/mol. The minimum atomic E-state index is -0.354. The molecule has 0 spiro atoms. The Balaban J connectivity index is 2.74. The van der Waals surface area contributed by atoms with Gasteiger partial charge in [-0.3, -0.25) is 0 Å². The van der Waals surface area contributed by atoms with E-state index in [0.29, 0.717) is 11.5 Å². The number of hydrogen-bond donors (Lipinski definition) is 0. The van der Waals surface area contributed by atoms with E-state index in [4.69, 9.17) is 11.2 Å². The highest BCUT2D eigenvalue weighted by Gasteiger charge is 2.20. The molecule has 0 bridgehead atoms. The number of terminal acetylenes is 1. The first-order valence-corrected chi connectivity index (χ1v) is 6.20. The summed E-state index contributed by atoms with van der Waals surface area (Å²) in [6, 6.07) is 9.71. The van der Waals surface area contributed by atoms with Crippen LogP contribution in [0.25, 0.3) is 11.1 Å². The van der Waals surface area contributed by atoms with Gasteiger partial charge >= 0.3 is 5.97 Å². The Labute approximate surface area is 113 Å². The van der Waals surface area contributed by atoms with Crippen molar-refractivity contribution in [2.45, 2.75) is 19.8 Å². The number of fused-ring (bicyclic) bond motifs is 1. The molecule has 0 aromatic heterocycles. The fourth-order valence-corrected chi connectivity index (χ4v) is 2.15. The van der Waals surface area contributed by atoms with Crippen molar-refractivity contribution in [2.24, 2.45) is 0 Å². The quantitative estimate of drug-likeness (QED) is 0.602. The molecule has 2 aliphatic rings. The number of esters is 1. The largest absolute Gasteiger partial charge is 0.465 e. The van der Waals surface area contributed by atoms with Gasteiger partial charge in [0, 0.05) is 5.56 Å². The SMILES string of the molecule is C#Cc1cc(C(=O)OC)c2cc(C(C)C)cccc1-2. The Morgan fingerprint density at radius 3 is 2.58 bits per heavy atom. The summed E-state index contributed by atoms with van der Waals surface area (Å²) in [7, 11) is 1.38. The van der Waals surface area contributed by atoms with Gasteiger partial charge in [0.05, 0.1) is 12.7 Å². The first-order valence-electron chi connectivity index (χ1n) is 6.20. The minimum absolute atomic E-state index is 0.354. The molecule has 2 heteroatoms. The second-order valence-electron chi connectivity index (χ2n) is 4.76. The lowest BCUT2D eigenvalue weighted by atomic mass is 10.0. The van der Waals surface area contributed by atoms with Crippen molar-refractivity contribution in [2.75, 3.05) is 7.11 Å². The summed E-state index contributed by atoms with van der Waals surface area (Å²) >= 11 is 0. The van der Waals surface area contributed by atoms with Gasteiger partial charge in [-0.25, -0.2) is 4.79 Å². The number of carbonyl (C=O) groups is 1. The summed E-state index contributed by atoms with van der Waals surface area (Å²) in [6.45, 7) is 4.23. The van der Waals surface area contributed by atoms with E-state index in [-0.39, 0.29) is 5.97 Å². The highest BCUT2D eigenvalue weighted by atomic mass is 16.5. The van der Waals surface area contributed by atoms with E-state index in [2.05, 4.69) is 19.8 Å². The van der Waals surface area contributed by atoms with Gasteiger partial charge in [0.25, 0.3) is 0 Å². The molecule has 0 aromatic carbocycles. The smallest absolute Gasteiger partial charge is 0.338 e. The molecule has 0 unspecified atom stereocenters. The van der Waals surface area contributed by atoms with Crippen LogP contribution in [0.2, 0.25) is 0 Å². The van der Waals surface area contributed by atoms with Crippen molar-refractivity contribution < 1.29 is 9.53 Å². The molecule has 2 aliphatic carbocycles. The molecule has 0 atom stereocenters. The van der Waals surface area contributed by atoms with Gasteiger partial charge in [-0.2, -0.15) is 0 Å². The first-order chi connectivity index (χ1) is 9.08. The maximum Gasteiger partial charge on any atom is 0.338 e. The third-order valence-corrected chi connectivity index (χ3v) is 3.25. The summed E-state index contributed by atoms with van der Waals surface area (Å²) in [6.07, 6.45) is 5.51. The van der Waals surface area contributed by atoms with Crippen LogP contribution in [-0.2, 0) is 4.74 Å². The van der Waals surface area contributed by atoms with E-state index in [1.807, 2.05) is 24.3 Å². The number of carbonyl (C=O) groups excluding carboxylic acids is 1. The fraction of sp³-hybridized carbons (Fsp3) is 0.235. The van der Waals surface area contributed by atoms with Crippen LogP contribution in [0.15, 0.2) is 30.3 Å². The molecule has 96 valence electrons. The van der Waals surface area contributed by atoms with Crippen molar-refractivity contribution in [3.8, 4) is 23.5 Å². The van der Waals surface area contributed by atoms with E-state index >= 15 is 0 Å². The highest BCUT2D eigenvalue weighted by molar-refractivity contribution is 6.00. The van der Waals surface area contributed by atoms with Crippen molar-refractivity contribution in [1.82, 2.24) is 0 Å². The zero-order valence-corrected chi connectivity index (χ0v) is 11.4. The summed E-state index contributed by atoms with van der Waals surface area (Å²) in [5.74, 6) is 2.65. The number of hydrogen-bond acceptors (Lipinski definition) is 2. The second-order valence-corrected chi connectivity index (χ2v) is 4.76. The van der Waals surface area contributed by atoms with Crippen molar-refractivity contribution in [3.63, 3.8) is 0 Å². The average Bonchev–Trinajstić information content (AvgIpc) is 2.60. The predicted octanol–water partition coefficient (Wildman–Crippen LogP) is 3.68. The molecule has 19 heavy (non-hydrogen) atoms. The molecule has 2 rings (SSSR count). The lowest BCUT2D eigenvalue weighted by Gasteiger charge is -2.04. The van der Waals surface area contributed by atoms with Gasteiger partial charge < -0.3 is 4.74 Å². The molecule has 0 N–H and O–H groups in total. The van der Waals surface area contributed by atoms with Crippen LogP contribution in [0.4, 0.5) is 0 Å². The zero-order valence-electron chi connectivity index (χ0n) is 11.4. The molecule has 0 saturated heterocycles. The molecule has 0 aromatic rings. The van der Waals surface area contributed by atoms with Crippen molar-refractivity contribution >= 4 is 5.97 Å². The Morgan fingerprint density at radius 2 is 2.00 bits per heavy atom. The van der Waals surface area contributed by atoms with Gasteiger partial charge in [0.15, 0.2) is 0 Å². The Hall–Kier alpha value is -2.27. The van der Waals surface area contributed by atoms with E-state index < -0.39 is 0 Å². The lowest BCUT2D eigenvalue weighted by Crippen LogP contribution is -2.00. The first kappa shape index (κ1) is 13.2. The lowest BCUT2D eigenvalue weighted by molar-refractivity contribution is 0.0602. The third kappa shape index (κ3) is 2.32. The van der Waals surface area contributed by atoms with Gasteiger partial charge in [-0.15, -0.1) is 6.42 Å². The summed E-state index contributed by atoms with van der Waals surface area (Å²) in [5, 5.41) is 0. The zero-order chi connectivity index (χ0) is 14.0. The van der Waals surface area contributed by atoms with Crippen LogP contribution in [0, 0.1) is 12.3 Å². The summed E-state index contributed by atoms with van der Waals surface area (Å²) < 4.78 is 4.83. The van der Waals surface area contributed by atoms with Crippen molar-refractivity contribution in [1.29, 1.82) is 0 Å². The maximum atomic E-state index is 11.8. The van der Waals surface area contributed by atoms with E-state index in [1.165, 1.54) is 7.11 Å². The summed E-state index contributed by atoms with van der Waals surface area (Å²) in [5.41, 5.74) is 4.18. The Bertz CT molecular complexity index is 633. The summed E-state index contributed by atoms with van der Waals surface area (Å²) in [4.78, 5) is 11.8. The third-order valence-electron chi connectivity index (χ3n) is 3.25. The van der Waals surface area contributed by atoms with Gasteiger partial charge in [0.1, 0.15) is 0 Å². The standard InChI is InChI=1S/C17H16O2/c1-5-12-9-16(17(18)19-4)15-10-13(11(2)3)7-6-8-14(12)15/h1,6-11H,2-4H3. The molecule has 0 amide bonds. The molecular weight excluding hydrogens is 236 g/mol. The second kappa shape index (κ2) is 5.16. The van der Waals surface area contributed by atoms with Crippen LogP contribution in [0.1, 0.15) is 41.3 Å². The average molecular weight is 252 g/mol. The fourth-order valence-electron chi connectivity index (χ4n) is 2.15. The minimum Gasteiger partial charge on any atom is -0.465 e. The number of ether oxygens (including phenoxy) is 1. The van der Waals surface area contributed by atoms with Gasteiger partial charge in [-0.1, -0.05) is 38.0 Å². The molecule has 0 heterocycles. The molecule has 0 fully saturated rings. The maximum absolute atomic E-state index is 11.8. The van der Waals surface area contributed by atoms with Crippen LogP contribution in [0.3, 0.4) is 0 Å². The molecular formula is C17H16O2. The van der Waals surface area contributed by atoms with Crippen LogP contribution in [-0.4, -0.2) is 13.1 Å². The molecule has 2 nitrogen and oxygen atoms in total. The van der Waals surface area contributed by atoms with Crippen LogP contribution in [0.5, 0.6) is 0 Å². The normalized spacial score (nSPS) is 10.5. The topological polar surface area (TPSA) is 26.3 Å². The molecule has 0 aliphatic heterocycles. The number of rotatable bonds is 2. The monoisotopic (exact) mass is 252 g/mol. The molecule has 0 radical (unpaired) electrons. The molecule has 0 saturated carbocycles. The van der Waals surface area contributed by atoms with E-state index in [9.17, 15) is 4.79 Å². The van der Waals surface area contributed by atoms with Gasteiger partial charge in [-0.05, 0) is 34.7 Å². The van der Waals surface area contributed by atoms with Crippen LogP contribution >= 0.6 is 0 Å².